The number of benzene rings is 1. The van der Waals surface area contributed by atoms with Gasteiger partial charge >= 0.3 is 0 Å². The van der Waals surface area contributed by atoms with E-state index >= 15 is 0 Å². The lowest BCUT2D eigenvalue weighted by molar-refractivity contribution is 0.111. The van der Waals surface area contributed by atoms with Gasteiger partial charge in [0.25, 0.3) is 0 Å². The molecule has 158 valence electrons. The van der Waals surface area contributed by atoms with Gasteiger partial charge in [0.05, 0.1) is 12.0 Å². The molecule has 29 heavy (non-hydrogen) atoms. The molecule has 2 aromatic rings. The first-order chi connectivity index (χ1) is 13.7. The molecular formula is C23H32ClN3OS. The van der Waals surface area contributed by atoms with Crippen molar-refractivity contribution < 1.29 is 4.79 Å². The van der Waals surface area contributed by atoms with Crippen molar-refractivity contribution in [3.05, 3.63) is 65.7 Å². The number of nitrogens with one attached hydrogen (secondary N) is 2. The molecule has 0 radical (unpaired) electrons. The van der Waals surface area contributed by atoms with Gasteiger partial charge in [-0.15, -0.1) is 0 Å². The van der Waals surface area contributed by atoms with Gasteiger partial charge in [0.1, 0.15) is 0 Å². The summed E-state index contributed by atoms with van der Waals surface area (Å²) >= 11 is 7.33. The van der Waals surface area contributed by atoms with Crippen LogP contribution in [0.4, 0.5) is 0 Å². The Morgan fingerprint density at radius 2 is 1.90 bits per heavy atom. The summed E-state index contributed by atoms with van der Waals surface area (Å²) in [6.07, 6.45) is 6.48. The topological polar surface area (TPSA) is 57.8 Å². The van der Waals surface area contributed by atoms with Gasteiger partial charge < -0.3 is 10.3 Å². The van der Waals surface area contributed by atoms with Gasteiger partial charge in [-0.05, 0) is 68.6 Å². The molecular weight excluding hydrogens is 402 g/mol. The van der Waals surface area contributed by atoms with Crippen LogP contribution in [0.5, 0.6) is 0 Å². The number of hydrogen-bond donors (Lipinski definition) is 2. The van der Waals surface area contributed by atoms with Crippen molar-refractivity contribution in [2.75, 3.05) is 7.05 Å². The minimum atomic E-state index is 0.476. The van der Waals surface area contributed by atoms with E-state index in [1.807, 2.05) is 43.4 Å². The molecule has 4 nitrogen and oxygen atoms in total. The highest BCUT2D eigenvalue weighted by atomic mass is 35.5. The molecule has 1 heterocycles. The molecule has 0 saturated carbocycles. The smallest absolute Gasteiger partial charge is 0.167 e. The summed E-state index contributed by atoms with van der Waals surface area (Å²) in [4.78, 5) is 19.8. The second-order valence-corrected chi connectivity index (χ2v) is 9.42. The molecule has 1 unspecified atom stereocenters. The van der Waals surface area contributed by atoms with E-state index in [0.29, 0.717) is 22.2 Å². The molecule has 0 aliphatic rings. The Kier molecular flexibility index (Phi) is 11.7. The average Bonchev–Trinajstić information content (AvgIpc) is 2.79. The number of H-pyrrole nitrogens is 1. The summed E-state index contributed by atoms with van der Waals surface area (Å²) in [5.74, 6) is 0. The van der Waals surface area contributed by atoms with Crippen molar-refractivity contribution in [3.63, 3.8) is 0 Å². The highest BCUT2D eigenvalue weighted by Crippen LogP contribution is 2.29. The minimum absolute atomic E-state index is 0.476. The molecule has 2 rings (SSSR count). The van der Waals surface area contributed by atoms with Crippen LogP contribution >= 0.6 is 23.4 Å². The van der Waals surface area contributed by atoms with Gasteiger partial charge in [0, 0.05) is 27.1 Å². The van der Waals surface area contributed by atoms with Crippen LogP contribution in [0.2, 0.25) is 5.02 Å². The van der Waals surface area contributed by atoms with Crippen LogP contribution in [0.1, 0.15) is 51.0 Å². The summed E-state index contributed by atoms with van der Waals surface area (Å²) in [5.41, 5.74) is 0.967. The monoisotopic (exact) mass is 433 g/mol. The highest BCUT2D eigenvalue weighted by Gasteiger charge is 2.10. The summed E-state index contributed by atoms with van der Waals surface area (Å²) in [6.45, 7) is 9.09. The molecule has 0 fully saturated rings. The van der Waals surface area contributed by atoms with Crippen molar-refractivity contribution in [1.82, 2.24) is 15.3 Å². The maximum atomic E-state index is 11.1. The first-order valence-electron chi connectivity index (χ1n) is 9.66. The second kappa shape index (κ2) is 13.4. The fourth-order valence-electron chi connectivity index (χ4n) is 2.16. The van der Waals surface area contributed by atoms with Gasteiger partial charge in [-0.25, -0.2) is 4.98 Å². The van der Waals surface area contributed by atoms with Crippen molar-refractivity contribution in [2.45, 2.75) is 56.4 Å². The zero-order chi connectivity index (χ0) is 21.7. The molecule has 6 heteroatoms. The lowest BCUT2D eigenvalue weighted by Crippen LogP contribution is -2.22. The van der Waals surface area contributed by atoms with E-state index in [1.165, 1.54) is 30.9 Å². The Hall–Kier alpha value is -1.82. The van der Waals surface area contributed by atoms with E-state index in [1.54, 1.807) is 12.3 Å². The van der Waals surface area contributed by atoms with Gasteiger partial charge in [-0.2, -0.15) is 0 Å². The Labute approximate surface area is 184 Å². The summed E-state index contributed by atoms with van der Waals surface area (Å²) in [6, 6.07) is 13.6. The number of halogens is 1. The number of carbonyl (C=O) groups is 1. The third-order valence-electron chi connectivity index (χ3n) is 4.07. The fourth-order valence-corrected chi connectivity index (χ4v) is 3.17. The summed E-state index contributed by atoms with van der Waals surface area (Å²) in [5, 5.41) is 3.92. The second-order valence-electron chi connectivity index (χ2n) is 7.86. The van der Waals surface area contributed by atoms with Crippen LogP contribution in [-0.4, -0.2) is 29.3 Å². The molecule has 0 bridgehead atoms. The predicted molar refractivity (Wildman–Crippen MR) is 124 cm³/mol. The molecule has 0 spiro atoms. The van der Waals surface area contributed by atoms with Gasteiger partial charge in [0.2, 0.25) is 0 Å². The van der Waals surface area contributed by atoms with Crippen molar-refractivity contribution >= 4 is 29.6 Å². The van der Waals surface area contributed by atoms with Crippen LogP contribution in [-0.2, 0) is 0 Å². The van der Waals surface area contributed by atoms with Crippen LogP contribution in [0.3, 0.4) is 0 Å². The quantitative estimate of drug-likeness (QED) is 0.505. The van der Waals surface area contributed by atoms with Crippen molar-refractivity contribution in [3.8, 4) is 0 Å². The normalized spacial score (nSPS) is 11.7. The van der Waals surface area contributed by atoms with E-state index in [-0.39, 0.29) is 0 Å². The summed E-state index contributed by atoms with van der Waals surface area (Å²) < 4.78 is 0. The molecule has 0 aliphatic carbocycles. The van der Waals surface area contributed by atoms with Gasteiger partial charge in [-0.3, -0.25) is 4.79 Å². The van der Waals surface area contributed by atoms with E-state index in [2.05, 4.69) is 43.0 Å². The first-order valence-corrected chi connectivity index (χ1v) is 10.9. The van der Waals surface area contributed by atoms with E-state index in [9.17, 15) is 4.79 Å². The van der Waals surface area contributed by atoms with Crippen molar-refractivity contribution in [2.24, 2.45) is 5.41 Å². The number of carbonyl (C=O) groups excluding carboxylic acids is 1. The van der Waals surface area contributed by atoms with Crippen molar-refractivity contribution in [1.29, 1.82) is 0 Å². The van der Waals surface area contributed by atoms with E-state index in [4.69, 9.17) is 11.6 Å². The lowest BCUT2D eigenvalue weighted by atomic mass is 9.89. The molecule has 0 amide bonds. The van der Waals surface area contributed by atoms with Crippen LogP contribution < -0.4 is 5.32 Å². The third-order valence-corrected chi connectivity index (χ3v) is 5.41. The first kappa shape index (κ1) is 25.2. The maximum Gasteiger partial charge on any atom is 0.167 e. The van der Waals surface area contributed by atoms with Crippen LogP contribution in [0, 0.1) is 5.41 Å². The molecule has 1 atom stereocenters. The highest BCUT2D eigenvalue weighted by molar-refractivity contribution is 7.99. The number of aromatic amines is 1. The fraction of sp³-hybridized carbons (Fsp3) is 0.391. The number of nitrogens with zero attached hydrogens (tertiary/aromatic N) is 1. The van der Waals surface area contributed by atoms with E-state index < -0.39 is 0 Å². The standard InChI is InChI=1S/C14H11ClN2OS.C9H21N/c15-11-4-6-12(7-5-11)19-14-3-1-2-8-16-10-17-13(14)9-18;1-8(10-5)6-7-9(2,3)4/h1-10H,(H,16,17);8,10H,6-7H2,1-5H3. The van der Waals surface area contributed by atoms with Gasteiger partial charge in [0.15, 0.2) is 6.29 Å². The average molecular weight is 434 g/mol. The molecule has 2 N–H and O–H groups in total. The Morgan fingerprint density at radius 1 is 1.21 bits per heavy atom. The zero-order valence-electron chi connectivity index (χ0n) is 17.9. The van der Waals surface area contributed by atoms with Crippen LogP contribution in [0.15, 0.2) is 64.8 Å². The van der Waals surface area contributed by atoms with Crippen LogP contribution in [0.25, 0.3) is 0 Å². The molecule has 1 aromatic heterocycles. The Balaban J connectivity index is 0.000000359. The van der Waals surface area contributed by atoms with Gasteiger partial charge in [-0.1, -0.05) is 50.2 Å². The SMILES string of the molecule is CNC(C)CCC(C)(C)C.O=Cc1[nH]cnccccc1Sc1ccc(Cl)cc1. The zero-order valence-corrected chi connectivity index (χ0v) is 19.5. The molecule has 0 aliphatic heterocycles. The molecule has 0 saturated heterocycles. The number of rotatable bonds is 6. The predicted octanol–water partition coefficient (Wildman–Crippen LogP) is 6.57. The number of aldehydes is 1. The number of aromatic nitrogens is 2. The summed E-state index contributed by atoms with van der Waals surface area (Å²) in [7, 11) is 2.02. The Bertz CT molecular complexity index is 783. The Morgan fingerprint density at radius 3 is 2.48 bits per heavy atom. The minimum Gasteiger partial charge on any atom is -0.343 e. The largest absolute Gasteiger partial charge is 0.343 e. The number of hydrogen-bond acceptors (Lipinski definition) is 4. The maximum absolute atomic E-state index is 11.1. The molecule has 1 aromatic carbocycles. The van der Waals surface area contributed by atoms with E-state index in [0.717, 1.165) is 16.1 Å². The lowest BCUT2D eigenvalue weighted by Gasteiger charge is -2.20. The third kappa shape index (κ3) is 11.7.